The minimum absolute atomic E-state index is 0.606. The molecule has 1 heteroatoms. The smallest absolute Gasteiger partial charge is 0.0328 e. The van der Waals surface area contributed by atoms with Crippen LogP contribution in [0.1, 0.15) is 76.0 Å². The van der Waals surface area contributed by atoms with Crippen molar-refractivity contribution in [1.29, 1.82) is 0 Å². The highest BCUT2D eigenvalue weighted by Gasteiger charge is 2.23. The van der Waals surface area contributed by atoms with Gasteiger partial charge in [0.15, 0.2) is 0 Å². The van der Waals surface area contributed by atoms with Gasteiger partial charge in [0.25, 0.3) is 0 Å². The van der Waals surface area contributed by atoms with Crippen molar-refractivity contribution >= 4 is 0 Å². The molecular formula is C18H29N. The summed E-state index contributed by atoms with van der Waals surface area (Å²) in [6.45, 7) is 4.59. The third kappa shape index (κ3) is 4.07. The fraction of sp³-hybridized carbons (Fsp3) is 0.667. The summed E-state index contributed by atoms with van der Waals surface area (Å²) in [6.07, 6.45) is 10.6. The molecule has 106 valence electrons. The fourth-order valence-corrected chi connectivity index (χ4v) is 3.23. The SMILES string of the molecule is CCCCC(CCCC)NC1CCc2ccccc21. The van der Waals surface area contributed by atoms with E-state index in [-0.39, 0.29) is 0 Å². The first-order valence-corrected chi connectivity index (χ1v) is 8.19. The standard InChI is InChI=1S/C18H29N/c1-3-5-10-16(11-6-4-2)19-18-14-13-15-9-7-8-12-17(15)18/h7-9,12,16,18-19H,3-6,10-11,13-14H2,1-2H3. The van der Waals surface area contributed by atoms with Crippen LogP contribution >= 0.6 is 0 Å². The van der Waals surface area contributed by atoms with Crippen LogP contribution in [0, 0.1) is 0 Å². The minimum atomic E-state index is 0.606. The first kappa shape index (κ1) is 14.6. The maximum atomic E-state index is 3.94. The number of rotatable bonds is 8. The summed E-state index contributed by atoms with van der Waals surface area (Å²) in [5, 5.41) is 3.94. The summed E-state index contributed by atoms with van der Waals surface area (Å²) in [5.41, 5.74) is 3.12. The van der Waals surface area contributed by atoms with E-state index < -0.39 is 0 Å². The molecule has 0 amide bonds. The molecule has 0 aliphatic heterocycles. The maximum absolute atomic E-state index is 3.94. The molecule has 0 fully saturated rings. The summed E-state index contributed by atoms with van der Waals surface area (Å²) in [7, 11) is 0. The summed E-state index contributed by atoms with van der Waals surface area (Å²) in [4.78, 5) is 0. The van der Waals surface area contributed by atoms with E-state index in [9.17, 15) is 0 Å². The van der Waals surface area contributed by atoms with Gasteiger partial charge in [0.1, 0.15) is 0 Å². The fourth-order valence-electron chi connectivity index (χ4n) is 3.23. The van der Waals surface area contributed by atoms with E-state index in [1.807, 2.05) is 0 Å². The Morgan fingerprint density at radius 3 is 2.47 bits per heavy atom. The Balaban J connectivity index is 1.93. The predicted molar refractivity (Wildman–Crippen MR) is 83.5 cm³/mol. The number of fused-ring (bicyclic) bond motifs is 1. The molecule has 1 nitrogen and oxygen atoms in total. The molecule has 0 bridgehead atoms. The van der Waals surface area contributed by atoms with E-state index >= 15 is 0 Å². The van der Waals surface area contributed by atoms with Gasteiger partial charge in [0.2, 0.25) is 0 Å². The highest BCUT2D eigenvalue weighted by atomic mass is 15.0. The zero-order chi connectivity index (χ0) is 13.5. The summed E-state index contributed by atoms with van der Waals surface area (Å²) < 4.78 is 0. The number of benzene rings is 1. The van der Waals surface area contributed by atoms with Gasteiger partial charge in [-0.05, 0) is 36.8 Å². The van der Waals surface area contributed by atoms with Crippen molar-refractivity contribution in [1.82, 2.24) is 5.32 Å². The maximum Gasteiger partial charge on any atom is 0.0328 e. The molecule has 1 atom stereocenters. The molecular weight excluding hydrogens is 230 g/mol. The number of unbranched alkanes of at least 4 members (excludes halogenated alkanes) is 2. The van der Waals surface area contributed by atoms with Crippen molar-refractivity contribution < 1.29 is 0 Å². The van der Waals surface area contributed by atoms with Gasteiger partial charge in [0, 0.05) is 12.1 Å². The lowest BCUT2D eigenvalue weighted by atomic mass is 10.0. The average molecular weight is 259 g/mol. The van der Waals surface area contributed by atoms with Crippen LogP contribution in [0.2, 0.25) is 0 Å². The molecule has 1 aromatic rings. The molecule has 0 radical (unpaired) electrons. The molecule has 0 spiro atoms. The Bertz CT molecular complexity index is 364. The highest BCUT2D eigenvalue weighted by molar-refractivity contribution is 5.34. The largest absolute Gasteiger partial charge is 0.307 e. The van der Waals surface area contributed by atoms with E-state index in [0.29, 0.717) is 6.04 Å². The lowest BCUT2D eigenvalue weighted by Gasteiger charge is -2.23. The Morgan fingerprint density at radius 1 is 1.11 bits per heavy atom. The van der Waals surface area contributed by atoms with E-state index in [1.165, 1.54) is 51.4 Å². The van der Waals surface area contributed by atoms with Gasteiger partial charge < -0.3 is 5.32 Å². The van der Waals surface area contributed by atoms with E-state index in [2.05, 4.69) is 43.4 Å². The van der Waals surface area contributed by atoms with Crippen LogP contribution in [0.3, 0.4) is 0 Å². The summed E-state index contributed by atoms with van der Waals surface area (Å²) in [5.74, 6) is 0. The molecule has 1 N–H and O–H groups in total. The Labute approximate surface area is 118 Å². The molecule has 0 saturated heterocycles. The van der Waals surface area contributed by atoms with Gasteiger partial charge >= 0.3 is 0 Å². The summed E-state index contributed by atoms with van der Waals surface area (Å²) >= 11 is 0. The van der Waals surface area contributed by atoms with Crippen LogP contribution in [0.5, 0.6) is 0 Å². The van der Waals surface area contributed by atoms with Crippen LogP contribution in [0.4, 0.5) is 0 Å². The predicted octanol–water partition coefficient (Wildman–Crippen LogP) is 5.01. The van der Waals surface area contributed by atoms with Crippen LogP contribution < -0.4 is 5.32 Å². The van der Waals surface area contributed by atoms with Crippen molar-refractivity contribution in [2.45, 2.75) is 77.3 Å². The van der Waals surface area contributed by atoms with Crippen molar-refractivity contribution in [3.63, 3.8) is 0 Å². The molecule has 1 aliphatic rings. The van der Waals surface area contributed by atoms with Crippen LogP contribution in [0.25, 0.3) is 0 Å². The minimum Gasteiger partial charge on any atom is -0.307 e. The van der Waals surface area contributed by atoms with Crippen LogP contribution in [-0.2, 0) is 6.42 Å². The second-order valence-electron chi connectivity index (χ2n) is 5.94. The van der Waals surface area contributed by atoms with Crippen molar-refractivity contribution in [2.24, 2.45) is 0 Å². The number of hydrogen-bond acceptors (Lipinski definition) is 1. The molecule has 0 saturated carbocycles. The molecule has 1 aromatic carbocycles. The Morgan fingerprint density at radius 2 is 1.79 bits per heavy atom. The molecule has 0 heterocycles. The number of hydrogen-bond donors (Lipinski definition) is 1. The normalized spacial score (nSPS) is 17.9. The third-order valence-electron chi connectivity index (χ3n) is 4.38. The molecule has 1 unspecified atom stereocenters. The van der Waals surface area contributed by atoms with Gasteiger partial charge in [-0.1, -0.05) is 63.8 Å². The second kappa shape index (κ2) is 7.69. The highest BCUT2D eigenvalue weighted by Crippen LogP contribution is 2.31. The van der Waals surface area contributed by atoms with E-state index in [0.717, 1.165) is 6.04 Å². The van der Waals surface area contributed by atoms with E-state index in [4.69, 9.17) is 0 Å². The van der Waals surface area contributed by atoms with E-state index in [1.54, 1.807) is 11.1 Å². The zero-order valence-electron chi connectivity index (χ0n) is 12.6. The monoisotopic (exact) mass is 259 g/mol. The number of nitrogens with one attached hydrogen (secondary N) is 1. The topological polar surface area (TPSA) is 12.0 Å². The van der Waals surface area contributed by atoms with Gasteiger partial charge in [-0.25, -0.2) is 0 Å². The summed E-state index contributed by atoms with van der Waals surface area (Å²) in [6, 6.07) is 10.3. The van der Waals surface area contributed by atoms with Gasteiger partial charge in [-0.2, -0.15) is 0 Å². The molecule has 19 heavy (non-hydrogen) atoms. The Hall–Kier alpha value is -0.820. The van der Waals surface area contributed by atoms with Crippen molar-refractivity contribution in [3.8, 4) is 0 Å². The van der Waals surface area contributed by atoms with Crippen LogP contribution in [0.15, 0.2) is 24.3 Å². The second-order valence-corrected chi connectivity index (χ2v) is 5.94. The van der Waals surface area contributed by atoms with Gasteiger partial charge in [-0.3, -0.25) is 0 Å². The molecule has 2 rings (SSSR count). The number of aryl methyl sites for hydroxylation is 1. The first-order valence-electron chi connectivity index (χ1n) is 8.19. The molecule has 0 aromatic heterocycles. The van der Waals surface area contributed by atoms with Crippen molar-refractivity contribution in [3.05, 3.63) is 35.4 Å². The lowest BCUT2D eigenvalue weighted by Crippen LogP contribution is -2.32. The van der Waals surface area contributed by atoms with Gasteiger partial charge in [-0.15, -0.1) is 0 Å². The van der Waals surface area contributed by atoms with Crippen molar-refractivity contribution in [2.75, 3.05) is 0 Å². The molecule has 1 aliphatic carbocycles. The quantitative estimate of drug-likeness (QED) is 0.691. The zero-order valence-corrected chi connectivity index (χ0v) is 12.6. The van der Waals surface area contributed by atoms with Gasteiger partial charge in [0.05, 0.1) is 0 Å². The average Bonchev–Trinajstić information content (AvgIpc) is 2.85. The third-order valence-corrected chi connectivity index (χ3v) is 4.38. The van der Waals surface area contributed by atoms with Crippen LogP contribution in [-0.4, -0.2) is 6.04 Å². The lowest BCUT2D eigenvalue weighted by molar-refractivity contribution is 0.376. The Kier molecular flexibility index (Phi) is 5.91. The first-order chi connectivity index (χ1) is 9.35.